The zero-order chi connectivity index (χ0) is 18.0. The predicted octanol–water partition coefficient (Wildman–Crippen LogP) is 3.80. The Bertz CT molecular complexity index is 880. The molecule has 2 heterocycles. The van der Waals surface area contributed by atoms with E-state index in [2.05, 4.69) is 23.9 Å². The molecule has 1 saturated carbocycles. The van der Waals surface area contributed by atoms with Gasteiger partial charge in [0.25, 0.3) is 0 Å². The number of anilines is 1. The molecule has 6 heteroatoms. The van der Waals surface area contributed by atoms with Gasteiger partial charge in [-0.2, -0.15) is 4.98 Å². The van der Waals surface area contributed by atoms with Gasteiger partial charge in [-0.05, 0) is 48.6 Å². The van der Waals surface area contributed by atoms with Crippen LogP contribution < -0.4 is 15.2 Å². The Morgan fingerprint density at radius 2 is 1.72 bits per heavy atom. The first-order chi connectivity index (χ1) is 11.9. The molecule has 1 aliphatic rings. The fourth-order valence-corrected chi connectivity index (χ4v) is 2.39. The van der Waals surface area contributed by atoms with E-state index in [1.54, 1.807) is 18.7 Å². The maximum absolute atomic E-state index is 5.65. The summed E-state index contributed by atoms with van der Waals surface area (Å²) in [5.41, 5.74) is 8.93. The highest BCUT2D eigenvalue weighted by Gasteiger charge is 2.30. The van der Waals surface area contributed by atoms with Crippen molar-refractivity contribution >= 4 is 11.6 Å². The first-order valence-electron chi connectivity index (χ1n) is 8.27. The Morgan fingerprint density at radius 3 is 2.32 bits per heavy atom. The Kier molecular flexibility index (Phi) is 4.53. The molecule has 0 spiro atoms. The van der Waals surface area contributed by atoms with Gasteiger partial charge >= 0.3 is 0 Å². The average molecular weight is 340 g/mol. The zero-order valence-electron chi connectivity index (χ0n) is 15.1. The molecule has 2 N–H and O–H groups in total. The lowest BCUT2D eigenvalue weighted by atomic mass is 10.1. The van der Waals surface area contributed by atoms with E-state index in [4.69, 9.17) is 15.2 Å². The Balaban J connectivity index is 0.000000314. The lowest BCUT2D eigenvalue weighted by molar-refractivity contribution is 0.355. The van der Waals surface area contributed by atoms with E-state index in [-0.39, 0.29) is 5.95 Å². The molecule has 0 bridgehead atoms. The molecule has 0 saturated heterocycles. The minimum absolute atomic E-state index is 0.248. The van der Waals surface area contributed by atoms with Crippen LogP contribution in [0.15, 0.2) is 36.4 Å². The molecule has 25 heavy (non-hydrogen) atoms. The van der Waals surface area contributed by atoms with Crippen LogP contribution in [0, 0.1) is 5.41 Å². The number of pyridine rings is 1. The number of benzene rings is 1. The van der Waals surface area contributed by atoms with E-state index in [0.29, 0.717) is 17.1 Å². The predicted molar refractivity (Wildman–Crippen MR) is 99.0 cm³/mol. The first-order valence-corrected chi connectivity index (χ1v) is 8.27. The highest BCUT2D eigenvalue weighted by Crippen LogP contribution is 2.43. The molecule has 1 fully saturated rings. The standard InChI is InChI=1S/C14H14N4O2.C5H10/c1-19-11-7-6-9(8-12(11)20-2)10-4-3-5-13-16-14(15)17-18(10)13;1-5(2)3-4-5/h3-8H,1-2H3,(H2,15,17);3-4H2,1-2H3. The second-order valence-electron chi connectivity index (χ2n) is 6.89. The molecular formula is C19H24N4O2. The SMILES string of the molecule is CC1(C)CC1.COc1ccc(-c2cccc3nc(N)nn23)cc1OC. The monoisotopic (exact) mass is 340 g/mol. The summed E-state index contributed by atoms with van der Waals surface area (Å²) in [6, 6.07) is 11.4. The largest absolute Gasteiger partial charge is 0.493 e. The summed E-state index contributed by atoms with van der Waals surface area (Å²) in [5.74, 6) is 1.59. The van der Waals surface area contributed by atoms with Crippen LogP contribution in [0.4, 0.5) is 5.95 Å². The van der Waals surface area contributed by atoms with Gasteiger partial charge in [-0.1, -0.05) is 19.9 Å². The smallest absolute Gasteiger partial charge is 0.240 e. The summed E-state index contributed by atoms with van der Waals surface area (Å²) in [7, 11) is 3.21. The van der Waals surface area contributed by atoms with Gasteiger partial charge in [0.2, 0.25) is 5.95 Å². The van der Waals surface area contributed by atoms with Crippen molar-refractivity contribution in [1.29, 1.82) is 0 Å². The van der Waals surface area contributed by atoms with Crippen molar-refractivity contribution in [3.8, 4) is 22.8 Å². The number of fused-ring (bicyclic) bond motifs is 1. The van der Waals surface area contributed by atoms with E-state index in [1.165, 1.54) is 12.8 Å². The summed E-state index contributed by atoms with van der Waals surface area (Å²) in [6.45, 7) is 4.60. The molecule has 6 nitrogen and oxygen atoms in total. The number of nitrogens with zero attached hydrogens (tertiary/aromatic N) is 3. The summed E-state index contributed by atoms with van der Waals surface area (Å²) >= 11 is 0. The van der Waals surface area contributed by atoms with Crippen molar-refractivity contribution < 1.29 is 9.47 Å². The third-order valence-corrected chi connectivity index (χ3v) is 4.31. The van der Waals surface area contributed by atoms with Crippen molar-refractivity contribution in [2.75, 3.05) is 20.0 Å². The molecule has 0 aliphatic heterocycles. The molecular weight excluding hydrogens is 316 g/mol. The van der Waals surface area contributed by atoms with E-state index in [1.807, 2.05) is 36.4 Å². The van der Waals surface area contributed by atoms with Gasteiger partial charge in [0, 0.05) is 5.56 Å². The lowest BCUT2D eigenvalue weighted by Crippen LogP contribution is -1.96. The average Bonchev–Trinajstić information content (AvgIpc) is 3.16. The fourth-order valence-electron chi connectivity index (χ4n) is 2.39. The third kappa shape index (κ3) is 3.84. The van der Waals surface area contributed by atoms with Crippen LogP contribution in [0.25, 0.3) is 16.9 Å². The normalized spacial score (nSPS) is 14.6. The topological polar surface area (TPSA) is 74.7 Å². The number of rotatable bonds is 3. The Hall–Kier alpha value is -2.76. The van der Waals surface area contributed by atoms with Crippen LogP contribution in [0.1, 0.15) is 26.7 Å². The van der Waals surface area contributed by atoms with Crippen LogP contribution in [0.2, 0.25) is 0 Å². The molecule has 0 atom stereocenters. The number of methoxy groups -OCH3 is 2. The van der Waals surface area contributed by atoms with Gasteiger partial charge in [-0.3, -0.25) is 0 Å². The first kappa shape index (κ1) is 17.1. The highest BCUT2D eigenvalue weighted by atomic mass is 16.5. The van der Waals surface area contributed by atoms with E-state index >= 15 is 0 Å². The van der Waals surface area contributed by atoms with Gasteiger partial charge in [0.1, 0.15) is 0 Å². The number of ether oxygens (including phenoxy) is 2. The van der Waals surface area contributed by atoms with E-state index in [0.717, 1.165) is 16.7 Å². The van der Waals surface area contributed by atoms with Gasteiger partial charge in [0.15, 0.2) is 17.1 Å². The second kappa shape index (κ2) is 6.63. The molecule has 2 aromatic heterocycles. The van der Waals surface area contributed by atoms with E-state index in [9.17, 15) is 0 Å². The van der Waals surface area contributed by atoms with Gasteiger partial charge in [-0.25, -0.2) is 4.52 Å². The summed E-state index contributed by atoms with van der Waals surface area (Å²) in [6.07, 6.45) is 2.90. The van der Waals surface area contributed by atoms with Crippen molar-refractivity contribution in [2.24, 2.45) is 5.41 Å². The van der Waals surface area contributed by atoms with Crippen molar-refractivity contribution in [3.05, 3.63) is 36.4 Å². The Labute approximate surface area is 147 Å². The van der Waals surface area contributed by atoms with Gasteiger partial charge in [-0.15, -0.1) is 5.10 Å². The number of aromatic nitrogens is 3. The van der Waals surface area contributed by atoms with Crippen molar-refractivity contribution in [1.82, 2.24) is 14.6 Å². The molecule has 0 radical (unpaired) electrons. The molecule has 0 unspecified atom stereocenters. The van der Waals surface area contributed by atoms with Crippen LogP contribution in [0.5, 0.6) is 11.5 Å². The third-order valence-electron chi connectivity index (χ3n) is 4.31. The molecule has 0 amide bonds. The van der Waals surface area contributed by atoms with Crippen molar-refractivity contribution in [2.45, 2.75) is 26.7 Å². The minimum atomic E-state index is 0.248. The maximum Gasteiger partial charge on any atom is 0.240 e. The molecule has 3 aromatic rings. The van der Waals surface area contributed by atoms with Crippen LogP contribution in [-0.2, 0) is 0 Å². The van der Waals surface area contributed by atoms with Crippen LogP contribution in [0.3, 0.4) is 0 Å². The minimum Gasteiger partial charge on any atom is -0.493 e. The molecule has 4 rings (SSSR count). The molecule has 1 aliphatic carbocycles. The van der Waals surface area contributed by atoms with Crippen LogP contribution >= 0.6 is 0 Å². The number of hydrogen-bond acceptors (Lipinski definition) is 5. The fraction of sp³-hybridized carbons (Fsp3) is 0.368. The number of hydrogen-bond donors (Lipinski definition) is 1. The second-order valence-corrected chi connectivity index (χ2v) is 6.89. The quantitative estimate of drug-likeness (QED) is 0.785. The highest BCUT2D eigenvalue weighted by molar-refractivity contribution is 5.67. The Morgan fingerprint density at radius 1 is 1.04 bits per heavy atom. The lowest BCUT2D eigenvalue weighted by Gasteiger charge is -2.10. The van der Waals surface area contributed by atoms with Gasteiger partial charge in [0.05, 0.1) is 19.9 Å². The van der Waals surface area contributed by atoms with E-state index < -0.39 is 0 Å². The number of nitrogen functional groups attached to an aromatic ring is 1. The van der Waals surface area contributed by atoms with Gasteiger partial charge < -0.3 is 15.2 Å². The summed E-state index contributed by atoms with van der Waals surface area (Å²) < 4.78 is 12.3. The molecule has 1 aromatic carbocycles. The molecule has 132 valence electrons. The summed E-state index contributed by atoms with van der Waals surface area (Å²) in [5, 5.41) is 4.20. The maximum atomic E-state index is 5.65. The zero-order valence-corrected chi connectivity index (χ0v) is 15.1. The summed E-state index contributed by atoms with van der Waals surface area (Å²) in [4.78, 5) is 4.15. The van der Waals surface area contributed by atoms with Crippen molar-refractivity contribution in [3.63, 3.8) is 0 Å². The number of nitrogens with two attached hydrogens (primary N) is 1. The van der Waals surface area contributed by atoms with Crippen LogP contribution in [-0.4, -0.2) is 28.8 Å².